The van der Waals surface area contributed by atoms with Crippen molar-refractivity contribution in [3.63, 3.8) is 0 Å². The molecule has 0 radical (unpaired) electrons. The van der Waals surface area contributed by atoms with Gasteiger partial charge < -0.3 is 9.63 Å². The molecule has 0 amide bonds. The average molecular weight is 332 g/mol. The van der Waals surface area contributed by atoms with Gasteiger partial charge in [-0.3, -0.25) is 0 Å². The van der Waals surface area contributed by atoms with Crippen LogP contribution in [-0.2, 0) is 6.42 Å². The quantitative estimate of drug-likeness (QED) is 0.780. The predicted molar refractivity (Wildman–Crippen MR) is 94.2 cm³/mol. The highest BCUT2D eigenvalue weighted by molar-refractivity contribution is 5.89. The van der Waals surface area contributed by atoms with Gasteiger partial charge in [0.25, 0.3) is 5.89 Å². The molecule has 2 aromatic carbocycles. The molecule has 1 aliphatic carbocycles. The van der Waals surface area contributed by atoms with Gasteiger partial charge in [-0.25, -0.2) is 4.79 Å². The van der Waals surface area contributed by atoms with E-state index in [2.05, 4.69) is 42.2 Å². The Morgan fingerprint density at radius 1 is 1.08 bits per heavy atom. The minimum Gasteiger partial charge on any atom is -0.478 e. The van der Waals surface area contributed by atoms with Crippen LogP contribution in [0.3, 0.4) is 0 Å². The van der Waals surface area contributed by atoms with E-state index in [1.165, 1.54) is 34.4 Å². The summed E-state index contributed by atoms with van der Waals surface area (Å²) in [5.41, 5.74) is 7.02. The number of nitrogens with zero attached hydrogens (tertiary/aromatic N) is 2. The minimum atomic E-state index is -0.961. The Morgan fingerprint density at radius 2 is 1.80 bits per heavy atom. The third-order valence-corrected chi connectivity index (χ3v) is 4.59. The normalized spacial score (nSPS) is 12.8. The van der Waals surface area contributed by atoms with Gasteiger partial charge in [-0.2, -0.15) is 4.98 Å². The number of carbonyl (C=O) groups is 1. The molecule has 3 aromatic rings. The van der Waals surface area contributed by atoms with E-state index < -0.39 is 5.97 Å². The number of fused-ring (bicyclic) bond motifs is 1. The zero-order valence-corrected chi connectivity index (χ0v) is 13.9. The molecule has 0 saturated heterocycles. The highest BCUT2D eigenvalue weighted by atomic mass is 16.5. The first-order chi connectivity index (χ1) is 12.0. The van der Waals surface area contributed by atoms with E-state index in [0.29, 0.717) is 17.3 Å². The van der Waals surface area contributed by atoms with Crippen LogP contribution in [0.5, 0.6) is 0 Å². The Morgan fingerprint density at radius 3 is 2.48 bits per heavy atom. The highest BCUT2D eigenvalue weighted by Crippen LogP contribution is 2.34. The first-order valence-electron chi connectivity index (χ1n) is 8.00. The molecule has 1 N–H and O–H groups in total. The molecule has 25 heavy (non-hydrogen) atoms. The third kappa shape index (κ3) is 2.63. The maximum atomic E-state index is 10.9. The second-order valence-electron chi connectivity index (χ2n) is 6.24. The summed E-state index contributed by atoms with van der Waals surface area (Å²) in [6, 6.07) is 10.7. The highest BCUT2D eigenvalue weighted by Gasteiger charge is 2.21. The van der Waals surface area contributed by atoms with Gasteiger partial charge >= 0.3 is 5.97 Å². The number of rotatable bonds is 3. The molecule has 5 nitrogen and oxygen atoms in total. The lowest BCUT2D eigenvalue weighted by Crippen LogP contribution is -1.95. The van der Waals surface area contributed by atoms with Gasteiger partial charge in [0.2, 0.25) is 0 Å². The van der Waals surface area contributed by atoms with Crippen molar-refractivity contribution in [2.24, 2.45) is 0 Å². The van der Waals surface area contributed by atoms with E-state index in [0.717, 1.165) is 12.0 Å². The summed E-state index contributed by atoms with van der Waals surface area (Å²) < 4.78 is 5.37. The lowest BCUT2D eigenvalue weighted by Gasteiger charge is -2.05. The molecule has 0 fully saturated rings. The van der Waals surface area contributed by atoms with Gasteiger partial charge in [-0.1, -0.05) is 17.3 Å². The molecule has 1 aliphatic rings. The molecule has 4 rings (SSSR count). The summed E-state index contributed by atoms with van der Waals surface area (Å²) in [6.07, 6.45) is 2.92. The first kappa shape index (κ1) is 15.3. The topological polar surface area (TPSA) is 76.2 Å². The number of hydrogen-bond acceptors (Lipinski definition) is 4. The van der Waals surface area contributed by atoms with Crippen LogP contribution in [0.25, 0.3) is 23.1 Å². The van der Waals surface area contributed by atoms with Gasteiger partial charge in [0.05, 0.1) is 5.56 Å². The number of benzene rings is 2. The third-order valence-electron chi connectivity index (χ3n) is 4.59. The van der Waals surface area contributed by atoms with Crippen molar-refractivity contribution in [3.05, 3.63) is 70.0 Å². The van der Waals surface area contributed by atoms with Crippen molar-refractivity contribution in [1.82, 2.24) is 10.1 Å². The van der Waals surface area contributed by atoms with Crippen LogP contribution in [0.4, 0.5) is 0 Å². The summed E-state index contributed by atoms with van der Waals surface area (Å²) in [4.78, 5) is 15.4. The van der Waals surface area contributed by atoms with Crippen LogP contribution >= 0.6 is 0 Å². The fraction of sp³-hybridized carbons (Fsp3) is 0.150. The van der Waals surface area contributed by atoms with Crippen LogP contribution in [-0.4, -0.2) is 21.2 Å². The van der Waals surface area contributed by atoms with Gasteiger partial charge in [0.1, 0.15) is 0 Å². The Bertz CT molecular complexity index is 1010. The Labute approximate surface area is 144 Å². The Kier molecular flexibility index (Phi) is 3.50. The van der Waals surface area contributed by atoms with Crippen molar-refractivity contribution < 1.29 is 14.4 Å². The van der Waals surface area contributed by atoms with Crippen molar-refractivity contribution in [2.45, 2.75) is 20.3 Å². The Hall–Kier alpha value is -3.21. The molecule has 0 unspecified atom stereocenters. The van der Waals surface area contributed by atoms with Crippen molar-refractivity contribution in [2.75, 3.05) is 0 Å². The van der Waals surface area contributed by atoms with E-state index in [1.54, 1.807) is 12.1 Å². The van der Waals surface area contributed by atoms with Gasteiger partial charge in [-0.05, 0) is 66.4 Å². The number of hydrogen-bond donors (Lipinski definition) is 1. The summed E-state index contributed by atoms with van der Waals surface area (Å²) in [6.45, 7) is 4.21. The maximum Gasteiger partial charge on any atom is 0.335 e. The minimum absolute atomic E-state index is 0.225. The summed E-state index contributed by atoms with van der Waals surface area (Å²) >= 11 is 0. The monoisotopic (exact) mass is 332 g/mol. The van der Waals surface area contributed by atoms with E-state index >= 15 is 0 Å². The number of allylic oxidation sites excluding steroid dienone is 1. The maximum absolute atomic E-state index is 10.9. The number of aryl methyl sites for hydroxylation is 2. The summed E-state index contributed by atoms with van der Waals surface area (Å²) in [5.74, 6) is 0.00179. The fourth-order valence-electron chi connectivity index (χ4n) is 3.11. The molecule has 1 aromatic heterocycles. The first-order valence-corrected chi connectivity index (χ1v) is 8.00. The van der Waals surface area contributed by atoms with Crippen LogP contribution in [0, 0.1) is 13.8 Å². The molecular weight excluding hydrogens is 316 g/mol. The lowest BCUT2D eigenvalue weighted by molar-refractivity contribution is 0.0697. The number of aromatic carboxylic acids is 1. The molecule has 0 aliphatic heterocycles. The van der Waals surface area contributed by atoms with Crippen molar-refractivity contribution in [3.8, 4) is 11.5 Å². The molecule has 124 valence electrons. The van der Waals surface area contributed by atoms with Crippen LogP contribution in [0.15, 0.2) is 40.9 Å². The molecule has 1 heterocycles. The Balaban J connectivity index is 1.64. The summed E-state index contributed by atoms with van der Waals surface area (Å²) in [7, 11) is 0. The molecule has 0 atom stereocenters. The second kappa shape index (κ2) is 5.70. The molecule has 5 heteroatoms. The van der Waals surface area contributed by atoms with Crippen LogP contribution in [0.1, 0.15) is 38.4 Å². The number of carboxylic acid groups (broad SMARTS) is 1. The fourth-order valence-corrected chi connectivity index (χ4v) is 3.11. The smallest absolute Gasteiger partial charge is 0.335 e. The van der Waals surface area contributed by atoms with Gasteiger partial charge in [0, 0.05) is 17.6 Å². The van der Waals surface area contributed by atoms with E-state index in [1.807, 2.05) is 0 Å². The van der Waals surface area contributed by atoms with E-state index in [4.69, 9.17) is 9.63 Å². The number of aromatic nitrogens is 2. The number of carboxylic acids is 1. The average Bonchev–Trinajstić information content (AvgIpc) is 3.26. The molecular formula is C20H16N2O3. The largest absolute Gasteiger partial charge is 0.478 e. The lowest BCUT2D eigenvalue weighted by atomic mass is 9.99. The van der Waals surface area contributed by atoms with Crippen molar-refractivity contribution in [1.29, 1.82) is 0 Å². The molecule has 0 bridgehead atoms. The molecule has 0 spiro atoms. The molecule has 0 saturated carbocycles. The van der Waals surface area contributed by atoms with Crippen LogP contribution < -0.4 is 0 Å². The zero-order valence-electron chi connectivity index (χ0n) is 13.9. The van der Waals surface area contributed by atoms with Crippen molar-refractivity contribution >= 4 is 17.6 Å². The van der Waals surface area contributed by atoms with Gasteiger partial charge in [0.15, 0.2) is 5.82 Å². The zero-order chi connectivity index (χ0) is 17.6. The second-order valence-corrected chi connectivity index (χ2v) is 6.24. The SMILES string of the molecule is Cc1ccc(C)c2c1C=C(c1noc(-c3ccc(C(=O)O)cc3)n1)C2. The van der Waals surface area contributed by atoms with E-state index in [9.17, 15) is 4.79 Å². The van der Waals surface area contributed by atoms with Crippen LogP contribution in [0.2, 0.25) is 0 Å². The summed E-state index contributed by atoms with van der Waals surface area (Å²) in [5, 5.41) is 13.1. The van der Waals surface area contributed by atoms with Gasteiger partial charge in [-0.15, -0.1) is 0 Å². The predicted octanol–water partition coefficient (Wildman–Crippen LogP) is 4.15. The van der Waals surface area contributed by atoms with E-state index in [-0.39, 0.29) is 5.56 Å². The standard InChI is InChI=1S/C20H16N2O3/c1-11-3-4-12(2)17-10-15(9-16(11)17)18-21-19(25-22-18)13-5-7-14(8-6-13)20(23)24/h3-9H,10H2,1-2H3,(H,23,24).